The number of likely N-dealkylation sites (N-methyl/N-ethyl adjacent to an activating group) is 1. The molecular weight excluding hydrogens is 414 g/mol. The highest BCUT2D eigenvalue weighted by Crippen LogP contribution is 2.22. The van der Waals surface area contributed by atoms with Gasteiger partial charge in [0.1, 0.15) is 11.6 Å². The number of carbonyl (C=O) groups is 2. The number of anilines is 1. The number of hydrogen-bond donors (Lipinski definition) is 2. The van der Waals surface area contributed by atoms with Crippen LogP contribution in [0.1, 0.15) is 11.6 Å². The standard InChI is InChI=1S/C21H23ClF2N4O2/c1-27-8-10-28(11-9-27)19(14-2-4-15(23)5-3-14)13-25-20(29)21(30)26-16-6-7-18(24)17(22)12-16/h2-7,12,19H,8-11,13H2,1H3,(H,25,29)(H,26,30)/t19-/m1/s1. The molecule has 30 heavy (non-hydrogen) atoms. The molecule has 0 spiro atoms. The quantitative estimate of drug-likeness (QED) is 0.707. The first-order valence-electron chi connectivity index (χ1n) is 9.56. The van der Waals surface area contributed by atoms with Crippen LogP contribution in [0, 0.1) is 11.6 Å². The minimum absolute atomic E-state index is 0.153. The number of hydrogen-bond acceptors (Lipinski definition) is 4. The SMILES string of the molecule is CN1CCN([C@H](CNC(=O)C(=O)Nc2ccc(F)c(Cl)c2)c2ccc(F)cc2)CC1. The van der Waals surface area contributed by atoms with Crippen LogP contribution in [0.5, 0.6) is 0 Å². The molecule has 0 bridgehead atoms. The van der Waals surface area contributed by atoms with Crippen LogP contribution in [0.25, 0.3) is 0 Å². The Labute approximate surface area is 178 Å². The zero-order valence-corrected chi connectivity index (χ0v) is 17.3. The fourth-order valence-corrected chi connectivity index (χ4v) is 3.49. The molecule has 160 valence electrons. The topological polar surface area (TPSA) is 64.7 Å². The maximum Gasteiger partial charge on any atom is 0.313 e. The minimum atomic E-state index is -0.881. The van der Waals surface area contributed by atoms with Gasteiger partial charge in [-0.25, -0.2) is 8.78 Å². The largest absolute Gasteiger partial charge is 0.346 e. The molecule has 3 rings (SSSR count). The predicted octanol–water partition coefficient (Wildman–Crippen LogP) is 2.66. The fourth-order valence-electron chi connectivity index (χ4n) is 3.31. The highest BCUT2D eigenvalue weighted by atomic mass is 35.5. The molecule has 1 aliphatic rings. The second-order valence-electron chi connectivity index (χ2n) is 7.20. The van der Waals surface area contributed by atoms with E-state index in [-0.39, 0.29) is 29.1 Å². The van der Waals surface area contributed by atoms with Gasteiger partial charge >= 0.3 is 11.8 Å². The number of piperazine rings is 1. The van der Waals surface area contributed by atoms with Gasteiger partial charge in [0.2, 0.25) is 0 Å². The summed E-state index contributed by atoms with van der Waals surface area (Å²) in [6.07, 6.45) is 0. The molecule has 2 amide bonds. The van der Waals surface area contributed by atoms with E-state index in [0.29, 0.717) is 0 Å². The van der Waals surface area contributed by atoms with Crippen molar-refractivity contribution in [1.82, 2.24) is 15.1 Å². The first-order chi connectivity index (χ1) is 14.3. The van der Waals surface area contributed by atoms with Gasteiger partial charge < -0.3 is 15.5 Å². The summed E-state index contributed by atoms with van der Waals surface area (Å²) in [6, 6.07) is 9.59. The van der Waals surface area contributed by atoms with Crippen molar-refractivity contribution in [3.8, 4) is 0 Å². The summed E-state index contributed by atoms with van der Waals surface area (Å²) in [5.41, 5.74) is 1.07. The summed E-state index contributed by atoms with van der Waals surface area (Å²) in [5, 5.41) is 4.88. The Kier molecular flexibility index (Phi) is 7.36. The number of amides is 2. The van der Waals surface area contributed by atoms with Gasteiger partial charge in [0.15, 0.2) is 0 Å². The Hall–Kier alpha value is -2.55. The van der Waals surface area contributed by atoms with Crippen molar-refractivity contribution in [2.75, 3.05) is 45.1 Å². The lowest BCUT2D eigenvalue weighted by Gasteiger charge is -2.38. The summed E-state index contributed by atoms with van der Waals surface area (Å²) in [7, 11) is 2.04. The van der Waals surface area contributed by atoms with E-state index in [4.69, 9.17) is 11.6 Å². The molecule has 0 saturated carbocycles. The first-order valence-corrected chi connectivity index (χ1v) is 9.93. The lowest BCUT2D eigenvalue weighted by Crippen LogP contribution is -2.49. The first kappa shape index (κ1) is 22.1. The highest BCUT2D eigenvalue weighted by Gasteiger charge is 2.25. The Bertz CT molecular complexity index is 902. The zero-order chi connectivity index (χ0) is 21.7. The van der Waals surface area contributed by atoms with E-state index in [0.717, 1.165) is 37.8 Å². The smallest absolute Gasteiger partial charge is 0.313 e. The summed E-state index contributed by atoms with van der Waals surface area (Å²) >= 11 is 5.69. The number of nitrogens with one attached hydrogen (secondary N) is 2. The van der Waals surface area contributed by atoms with Gasteiger partial charge in [-0.2, -0.15) is 0 Å². The monoisotopic (exact) mass is 436 g/mol. The second kappa shape index (κ2) is 9.97. The van der Waals surface area contributed by atoms with Crippen molar-refractivity contribution in [2.45, 2.75) is 6.04 Å². The Morgan fingerprint density at radius 3 is 2.33 bits per heavy atom. The van der Waals surface area contributed by atoms with E-state index in [9.17, 15) is 18.4 Å². The van der Waals surface area contributed by atoms with Crippen LogP contribution in [0.4, 0.5) is 14.5 Å². The lowest BCUT2D eigenvalue weighted by atomic mass is 10.0. The molecular formula is C21H23ClF2N4O2. The molecule has 2 N–H and O–H groups in total. The number of benzene rings is 2. The maximum absolute atomic E-state index is 13.3. The van der Waals surface area contributed by atoms with E-state index in [1.165, 1.54) is 24.3 Å². The van der Waals surface area contributed by atoms with Crippen molar-refractivity contribution >= 4 is 29.1 Å². The summed E-state index contributed by atoms with van der Waals surface area (Å²) in [4.78, 5) is 28.9. The van der Waals surface area contributed by atoms with Gasteiger partial charge in [-0.05, 0) is 42.9 Å². The molecule has 1 saturated heterocycles. The molecule has 0 unspecified atom stereocenters. The Morgan fingerprint density at radius 1 is 1.03 bits per heavy atom. The maximum atomic E-state index is 13.3. The lowest BCUT2D eigenvalue weighted by molar-refractivity contribution is -0.136. The second-order valence-corrected chi connectivity index (χ2v) is 7.61. The molecule has 9 heteroatoms. The third-order valence-corrected chi connectivity index (χ3v) is 5.36. The van der Waals surface area contributed by atoms with Crippen LogP contribution in [-0.2, 0) is 9.59 Å². The summed E-state index contributed by atoms with van der Waals surface area (Å²) < 4.78 is 26.6. The average molecular weight is 437 g/mol. The van der Waals surface area contributed by atoms with Crippen LogP contribution in [-0.4, -0.2) is 61.4 Å². The third kappa shape index (κ3) is 5.75. The van der Waals surface area contributed by atoms with Gasteiger partial charge in [0.05, 0.1) is 11.1 Å². The molecule has 2 aromatic carbocycles. The number of nitrogens with zero attached hydrogens (tertiary/aromatic N) is 2. The van der Waals surface area contributed by atoms with E-state index >= 15 is 0 Å². The van der Waals surface area contributed by atoms with Crippen LogP contribution >= 0.6 is 11.6 Å². The van der Waals surface area contributed by atoms with E-state index in [1.54, 1.807) is 12.1 Å². The van der Waals surface area contributed by atoms with Crippen LogP contribution in [0.3, 0.4) is 0 Å². The van der Waals surface area contributed by atoms with Crippen molar-refractivity contribution in [3.05, 3.63) is 64.7 Å². The molecule has 0 aliphatic carbocycles. The predicted molar refractivity (Wildman–Crippen MR) is 111 cm³/mol. The minimum Gasteiger partial charge on any atom is -0.346 e. The molecule has 1 atom stereocenters. The van der Waals surface area contributed by atoms with Gasteiger partial charge in [0, 0.05) is 38.4 Å². The van der Waals surface area contributed by atoms with Gasteiger partial charge in [-0.1, -0.05) is 23.7 Å². The molecule has 1 aliphatic heterocycles. The van der Waals surface area contributed by atoms with Gasteiger partial charge in [-0.3, -0.25) is 14.5 Å². The summed E-state index contributed by atoms with van der Waals surface area (Å²) in [5.74, 6) is -2.66. The summed E-state index contributed by atoms with van der Waals surface area (Å²) in [6.45, 7) is 3.50. The molecule has 1 heterocycles. The van der Waals surface area contributed by atoms with Crippen molar-refractivity contribution in [2.24, 2.45) is 0 Å². The van der Waals surface area contributed by atoms with Crippen LogP contribution < -0.4 is 10.6 Å². The molecule has 0 aromatic heterocycles. The molecule has 2 aromatic rings. The van der Waals surface area contributed by atoms with E-state index in [2.05, 4.69) is 20.4 Å². The van der Waals surface area contributed by atoms with Crippen LogP contribution in [0.15, 0.2) is 42.5 Å². The normalized spacial score (nSPS) is 16.1. The third-order valence-electron chi connectivity index (χ3n) is 5.07. The average Bonchev–Trinajstić information content (AvgIpc) is 2.73. The number of rotatable bonds is 5. The fraction of sp³-hybridized carbons (Fsp3) is 0.333. The van der Waals surface area contributed by atoms with Gasteiger partial charge in [-0.15, -0.1) is 0 Å². The van der Waals surface area contributed by atoms with Crippen molar-refractivity contribution in [3.63, 3.8) is 0 Å². The zero-order valence-electron chi connectivity index (χ0n) is 16.5. The van der Waals surface area contributed by atoms with E-state index in [1.807, 2.05) is 7.05 Å². The molecule has 1 fully saturated rings. The highest BCUT2D eigenvalue weighted by molar-refractivity contribution is 6.39. The van der Waals surface area contributed by atoms with Crippen LogP contribution in [0.2, 0.25) is 5.02 Å². The Morgan fingerprint density at radius 2 is 1.70 bits per heavy atom. The van der Waals surface area contributed by atoms with Crippen molar-refractivity contribution in [1.29, 1.82) is 0 Å². The number of carbonyl (C=O) groups excluding carboxylic acids is 2. The molecule has 0 radical (unpaired) electrons. The van der Waals surface area contributed by atoms with E-state index < -0.39 is 17.6 Å². The number of halogens is 3. The molecule has 6 nitrogen and oxygen atoms in total. The van der Waals surface area contributed by atoms with Crippen molar-refractivity contribution < 1.29 is 18.4 Å². The van der Waals surface area contributed by atoms with Gasteiger partial charge in [0.25, 0.3) is 0 Å². The Balaban J connectivity index is 1.65.